The van der Waals surface area contributed by atoms with Crippen molar-refractivity contribution in [3.8, 4) is 5.75 Å². The minimum absolute atomic E-state index is 0.276. The molecular weight excluding hydrogens is 383 g/mol. The van der Waals surface area contributed by atoms with Gasteiger partial charge >= 0.3 is 5.97 Å². The van der Waals surface area contributed by atoms with Crippen LogP contribution in [0.5, 0.6) is 5.75 Å². The Morgan fingerprint density at radius 3 is 2.32 bits per heavy atom. The lowest BCUT2D eigenvalue weighted by molar-refractivity contribution is 0.0734. The highest BCUT2D eigenvalue weighted by molar-refractivity contribution is 6.33. The lowest BCUT2D eigenvalue weighted by Gasteiger charge is -2.06. The van der Waals surface area contributed by atoms with E-state index in [9.17, 15) is 14.0 Å². The number of ether oxygens (including phenoxy) is 1. The average molecular weight is 397 g/mol. The average Bonchev–Trinajstić information content (AvgIpc) is 2.70. The van der Waals surface area contributed by atoms with Crippen LogP contribution >= 0.6 is 11.6 Å². The largest absolute Gasteiger partial charge is 0.423 e. The first kappa shape index (κ1) is 19.3. The molecule has 0 aliphatic carbocycles. The molecule has 0 aliphatic heterocycles. The summed E-state index contributed by atoms with van der Waals surface area (Å²) in [7, 11) is 0. The number of hydrogen-bond donors (Lipinski definition) is 1. The standard InChI is InChI=1S/C21H14ClFN2O3/c22-19-4-2-1-3-18(19)21(27)28-17-11-5-14(6-12-17)13-24-25-20(26)15-7-9-16(23)10-8-15/h1-13H,(H,25,26). The minimum Gasteiger partial charge on any atom is -0.423 e. The molecule has 1 amide bonds. The van der Waals surface area contributed by atoms with Gasteiger partial charge in [0.15, 0.2) is 0 Å². The van der Waals surface area contributed by atoms with E-state index in [-0.39, 0.29) is 5.56 Å². The summed E-state index contributed by atoms with van der Waals surface area (Å²) in [5.74, 6) is -1.09. The van der Waals surface area contributed by atoms with Crippen LogP contribution in [-0.4, -0.2) is 18.1 Å². The third-order valence-electron chi connectivity index (χ3n) is 3.67. The summed E-state index contributed by atoms with van der Waals surface area (Å²) in [4.78, 5) is 24.0. The fourth-order valence-electron chi connectivity index (χ4n) is 2.24. The molecule has 3 rings (SSSR count). The van der Waals surface area contributed by atoms with Crippen molar-refractivity contribution in [2.24, 2.45) is 5.10 Å². The molecule has 0 unspecified atom stereocenters. The van der Waals surface area contributed by atoms with Gasteiger partial charge in [0.05, 0.1) is 16.8 Å². The van der Waals surface area contributed by atoms with Crippen LogP contribution in [0.3, 0.4) is 0 Å². The number of hydrazone groups is 1. The van der Waals surface area contributed by atoms with Gasteiger partial charge in [-0.2, -0.15) is 5.10 Å². The van der Waals surface area contributed by atoms with E-state index in [1.165, 1.54) is 30.5 Å². The molecule has 1 N–H and O–H groups in total. The van der Waals surface area contributed by atoms with Crippen molar-refractivity contribution >= 4 is 29.7 Å². The molecule has 0 atom stereocenters. The van der Waals surface area contributed by atoms with Gasteiger partial charge in [-0.25, -0.2) is 14.6 Å². The highest BCUT2D eigenvalue weighted by Crippen LogP contribution is 2.18. The number of nitrogens with one attached hydrogen (secondary N) is 1. The summed E-state index contributed by atoms with van der Waals surface area (Å²) in [6.45, 7) is 0. The summed E-state index contributed by atoms with van der Waals surface area (Å²) in [6, 6.07) is 18.3. The van der Waals surface area contributed by atoms with E-state index in [0.29, 0.717) is 21.9 Å². The van der Waals surface area contributed by atoms with E-state index in [0.717, 1.165) is 0 Å². The predicted octanol–water partition coefficient (Wildman–Crippen LogP) is 4.46. The lowest BCUT2D eigenvalue weighted by atomic mass is 10.2. The maximum atomic E-state index is 12.9. The smallest absolute Gasteiger partial charge is 0.345 e. The molecule has 3 aromatic carbocycles. The highest BCUT2D eigenvalue weighted by atomic mass is 35.5. The van der Waals surface area contributed by atoms with Crippen LogP contribution in [0.25, 0.3) is 0 Å². The van der Waals surface area contributed by atoms with Gasteiger partial charge in [-0.3, -0.25) is 4.79 Å². The van der Waals surface area contributed by atoms with Crippen LogP contribution in [0.4, 0.5) is 4.39 Å². The van der Waals surface area contributed by atoms with Crippen LogP contribution in [0.1, 0.15) is 26.3 Å². The zero-order valence-electron chi connectivity index (χ0n) is 14.4. The molecule has 0 heterocycles. The Hall–Kier alpha value is -3.51. The number of amides is 1. The fraction of sp³-hybridized carbons (Fsp3) is 0. The van der Waals surface area contributed by atoms with E-state index < -0.39 is 17.7 Å². The summed E-state index contributed by atoms with van der Waals surface area (Å²) in [6.07, 6.45) is 1.43. The third-order valence-corrected chi connectivity index (χ3v) is 4.00. The SMILES string of the molecule is O=C(NN=Cc1ccc(OC(=O)c2ccccc2Cl)cc1)c1ccc(F)cc1. The Bertz CT molecular complexity index is 1020. The molecule has 28 heavy (non-hydrogen) atoms. The van der Waals surface area contributed by atoms with Gasteiger partial charge in [0.25, 0.3) is 5.91 Å². The first-order valence-corrected chi connectivity index (χ1v) is 8.56. The van der Waals surface area contributed by atoms with Crippen molar-refractivity contribution in [1.82, 2.24) is 5.43 Å². The summed E-state index contributed by atoms with van der Waals surface area (Å²) >= 11 is 5.97. The van der Waals surface area contributed by atoms with Crippen LogP contribution in [0, 0.1) is 5.82 Å². The van der Waals surface area contributed by atoms with E-state index in [2.05, 4.69) is 10.5 Å². The second-order valence-corrected chi connectivity index (χ2v) is 6.05. The second kappa shape index (κ2) is 8.92. The molecule has 0 spiro atoms. The number of benzene rings is 3. The fourth-order valence-corrected chi connectivity index (χ4v) is 2.45. The number of halogens is 2. The van der Waals surface area contributed by atoms with Crippen LogP contribution < -0.4 is 10.2 Å². The highest BCUT2D eigenvalue weighted by Gasteiger charge is 2.12. The number of esters is 1. The third kappa shape index (κ3) is 5.02. The van der Waals surface area contributed by atoms with Gasteiger partial charge < -0.3 is 4.74 Å². The first-order valence-electron chi connectivity index (χ1n) is 8.19. The molecule has 7 heteroatoms. The summed E-state index contributed by atoms with van der Waals surface area (Å²) in [5.41, 5.74) is 3.60. The lowest BCUT2D eigenvalue weighted by Crippen LogP contribution is -2.17. The number of carbonyl (C=O) groups is 2. The number of nitrogens with zero attached hydrogens (tertiary/aromatic N) is 1. The molecular formula is C21H14ClFN2O3. The number of rotatable bonds is 5. The zero-order valence-corrected chi connectivity index (χ0v) is 15.2. The van der Waals surface area contributed by atoms with Crippen molar-refractivity contribution in [3.05, 3.63) is 100 Å². The second-order valence-electron chi connectivity index (χ2n) is 5.64. The van der Waals surface area contributed by atoms with Crippen LogP contribution in [0.2, 0.25) is 5.02 Å². The Kier molecular flexibility index (Phi) is 6.14. The molecule has 0 aliphatic rings. The Morgan fingerprint density at radius 1 is 0.964 bits per heavy atom. The number of carbonyl (C=O) groups excluding carboxylic acids is 2. The molecule has 0 radical (unpaired) electrons. The van der Waals surface area contributed by atoms with E-state index in [1.807, 2.05) is 0 Å². The van der Waals surface area contributed by atoms with Crippen LogP contribution in [0.15, 0.2) is 77.9 Å². The van der Waals surface area contributed by atoms with E-state index in [1.54, 1.807) is 48.5 Å². The first-order chi connectivity index (χ1) is 13.5. The van der Waals surface area contributed by atoms with Gasteiger partial charge in [-0.15, -0.1) is 0 Å². The van der Waals surface area contributed by atoms with Crippen molar-refractivity contribution in [2.45, 2.75) is 0 Å². The maximum Gasteiger partial charge on any atom is 0.345 e. The molecule has 140 valence electrons. The molecule has 0 fully saturated rings. The molecule has 5 nitrogen and oxygen atoms in total. The van der Waals surface area contributed by atoms with Gasteiger partial charge in [0, 0.05) is 5.56 Å². The van der Waals surface area contributed by atoms with Crippen molar-refractivity contribution in [1.29, 1.82) is 0 Å². The maximum absolute atomic E-state index is 12.9. The monoisotopic (exact) mass is 396 g/mol. The van der Waals surface area contributed by atoms with Crippen molar-refractivity contribution in [2.75, 3.05) is 0 Å². The quantitative estimate of drug-likeness (QED) is 0.299. The Morgan fingerprint density at radius 2 is 1.64 bits per heavy atom. The molecule has 0 saturated heterocycles. The van der Waals surface area contributed by atoms with E-state index in [4.69, 9.17) is 16.3 Å². The van der Waals surface area contributed by atoms with Crippen molar-refractivity contribution in [3.63, 3.8) is 0 Å². The molecule has 0 aromatic heterocycles. The Labute approximate surface area is 165 Å². The van der Waals surface area contributed by atoms with Gasteiger partial charge in [0.2, 0.25) is 0 Å². The van der Waals surface area contributed by atoms with Crippen LogP contribution in [-0.2, 0) is 0 Å². The molecule has 0 saturated carbocycles. The summed E-state index contributed by atoms with van der Waals surface area (Å²) < 4.78 is 18.1. The van der Waals surface area contributed by atoms with Gasteiger partial charge in [0.1, 0.15) is 11.6 Å². The van der Waals surface area contributed by atoms with Crippen molar-refractivity contribution < 1.29 is 18.7 Å². The van der Waals surface area contributed by atoms with E-state index >= 15 is 0 Å². The Balaban J connectivity index is 1.57. The normalized spacial score (nSPS) is 10.6. The predicted molar refractivity (Wildman–Crippen MR) is 104 cm³/mol. The van der Waals surface area contributed by atoms with Gasteiger partial charge in [-0.1, -0.05) is 23.7 Å². The topological polar surface area (TPSA) is 67.8 Å². The molecule has 3 aromatic rings. The molecule has 0 bridgehead atoms. The van der Waals surface area contributed by atoms with Gasteiger partial charge in [-0.05, 0) is 66.2 Å². The zero-order chi connectivity index (χ0) is 19.9. The minimum atomic E-state index is -0.557. The number of hydrogen-bond acceptors (Lipinski definition) is 4. The summed E-state index contributed by atoms with van der Waals surface area (Å²) in [5, 5.41) is 4.16.